The normalized spacial score (nSPS) is 15.2. The third-order valence-electron chi connectivity index (χ3n) is 3.20. The van der Waals surface area contributed by atoms with E-state index in [2.05, 4.69) is 0 Å². The van der Waals surface area contributed by atoms with Gasteiger partial charge < -0.3 is 5.11 Å². The van der Waals surface area contributed by atoms with Crippen LogP contribution in [0.4, 0.5) is 5.69 Å². The summed E-state index contributed by atoms with van der Waals surface area (Å²) >= 11 is 0. The fourth-order valence-corrected chi connectivity index (χ4v) is 2.10. The Balaban J connectivity index is 2.63. The Kier molecular flexibility index (Phi) is 3.48. The molecule has 1 aromatic rings. The van der Waals surface area contributed by atoms with E-state index in [9.17, 15) is 24.8 Å². The van der Waals surface area contributed by atoms with E-state index < -0.39 is 28.3 Å². The van der Waals surface area contributed by atoms with E-state index in [-0.39, 0.29) is 17.0 Å². The number of carboxylic acids is 1. The van der Waals surface area contributed by atoms with Crippen molar-refractivity contribution >= 4 is 17.4 Å². The molecule has 20 heavy (non-hydrogen) atoms. The SMILES string of the molecule is N#Cc1cccc([N+](=O)[O-])c1C(C(=O)O)C(=O)C1CC1. The Hall–Kier alpha value is -2.75. The van der Waals surface area contributed by atoms with Crippen LogP contribution in [0.15, 0.2) is 18.2 Å². The monoisotopic (exact) mass is 274 g/mol. The van der Waals surface area contributed by atoms with E-state index in [1.54, 1.807) is 6.07 Å². The molecule has 0 heterocycles. The lowest BCUT2D eigenvalue weighted by molar-refractivity contribution is -0.385. The number of rotatable bonds is 5. The van der Waals surface area contributed by atoms with Gasteiger partial charge in [-0.05, 0) is 18.9 Å². The largest absolute Gasteiger partial charge is 0.480 e. The Labute approximate surface area is 113 Å². The summed E-state index contributed by atoms with van der Waals surface area (Å²) in [7, 11) is 0. The summed E-state index contributed by atoms with van der Waals surface area (Å²) in [5.41, 5.74) is -0.976. The van der Waals surface area contributed by atoms with E-state index in [0.29, 0.717) is 12.8 Å². The average molecular weight is 274 g/mol. The number of carbonyl (C=O) groups excluding carboxylic acids is 1. The first-order chi connectivity index (χ1) is 9.47. The molecule has 0 radical (unpaired) electrons. The van der Waals surface area contributed by atoms with Crippen molar-refractivity contribution in [1.82, 2.24) is 0 Å². The minimum Gasteiger partial charge on any atom is -0.480 e. The van der Waals surface area contributed by atoms with Crippen LogP contribution in [0.3, 0.4) is 0 Å². The first-order valence-electron chi connectivity index (χ1n) is 5.91. The topological polar surface area (TPSA) is 121 Å². The molecule has 1 aliphatic rings. The van der Waals surface area contributed by atoms with Gasteiger partial charge in [0.05, 0.1) is 22.1 Å². The molecule has 0 spiro atoms. The standard InChI is InChI=1S/C13H10N2O5/c14-6-8-2-1-3-9(15(19)20)10(8)11(13(17)18)12(16)7-4-5-7/h1-3,7,11H,4-5H2,(H,17,18). The van der Waals surface area contributed by atoms with Gasteiger partial charge in [-0.1, -0.05) is 6.07 Å². The molecule has 0 aliphatic heterocycles. The van der Waals surface area contributed by atoms with Gasteiger partial charge in [-0.2, -0.15) is 5.26 Å². The highest BCUT2D eigenvalue weighted by atomic mass is 16.6. The average Bonchev–Trinajstić information content (AvgIpc) is 3.22. The third kappa shape index (κ3) is 2.36. The molecule has 7 nitrogen and oxygen atoms in total. The fourth-order valence-electron chi connectivity index (χ4n) is 2.10. The van der Waals surface area contributed by atoms with Gasteiger partial charge in [-0.3, -0.25) is 19.7 Å². The molecule has 0 saturated heterocycles. The maximum Gasteiger partial charge on any atom is 0.318 e. The second-order valence-corrected chi connectivity index (χ2v) is 4.56. The summed E-state index contributed by atoms with van der Waals surface area (Å²) in [6, 6.07) is 5.39. The maximum atomic E-state index is 12.1. The van der Waals surface area contributed by atoms with Crippen molar-refractivity contribution in [3.05, 3.63) is 39.4 Å². The quantitative estimate of drug-likeness (QED) is 0.494. The molecular formula is C13H10N2O5. The molecule has 1 aromatic carbocycles. The highest BCUT2D eigenvalue weighted by Crippen LogP contribution is 2.39. The smallest absolute Gasteiger partial charge is 0.318 e. The van der Waals surface area contributed by atoms with E-state index in [4.69, 9.17) is 5.26 Å². The van der Waals surface area contributed by atoms with Crippen LogP contribution in [0.1, 0.15) is 29.9 Å². The zero-order valence-corrected chi connectivity index (χ0v) is 10.3. The summed E-state index contributed by atoms with van der Waals surface area (Å²) in [6.45, 7) is 0. The third-order valence-corrected chi connectivity index (χ3v) is 3.20. The van der Waals surface area contributed by atoms with Crippen LogP contribution >= 0.6 is 0 Å². The van der Waals surface area contributed by atoms with Gasteiger partial charge in [0.2, 0.25) is 0 Å². The van der Waals surface area contributed by atoms with Gasteiger partial charge in [-0.25, -0.2) is 0 Å². The van der Waals surface area contributed by atoms with Crippen LogP contribution < -0.4 is 0 Å². The first kappa shape index (κ1) is 13.7. The number of carboxylic acid groups (broad SMARTS) is 1. The van der Waals surface area contributed by atoms with Gasteiger partial charge in [0.25, 0.3) is 5.69 Å². The first-order valence-corrected chi connectivity index (χ1v) is 5.91. The maximum absolute atomic E-state index is 12.1. The Bertz CT molecular complexity index is 643. The van der Waals surface area contributed by atoms with E-state index in [1.165, 1.54) is 12.1 Å². The van der Waals surface area contributed by atoms with Crippen LogP contribution in [-0.2, 0) is 9.59 Å². The molecule has 1 aliphatic carbocycles. The van der Waals surface area contributed by atoms with Crippen LogP contribution in [0.25, 0.3) is 0 Å². The minimum atomic E-state index is -1.65. The number of aliphatic carboxylic acids is 1. The lowest BCUT2D eigenvalue weighted by Gasteiger charge is -2.13. The molecule has 1 saturated carbocycles. The van der Waals surface area contributed by atoms with Crippen LogP contribution in [0.5, 0.6) is 0 Å². The van der Waals surface area contributed by atoms with Crippen LogP contribution in [0, 0.1) is 27.4 Å². The van der Waals surface area contributed by atoms with Crippen molar-refractivity contribution in [2.45, 2.75) is 18.8 Å². The van der Waals surface area contributed by atoms with Gasteiger partial charge in [0.15, 0.2) is 5.78 Å². The Morgan fingerprint density at radius 1 is 1.45 bits per heavy atom. The molecule has 0 bridgehead atoms. The molecule has 1 N–H and O–H groups in total. The van der Waals surface area contributed by atoms with Gasteiger partial charge >= 0.3 is 5.97 Å². The number of benzene rings is 1. The van der Waals surface area contributed by atoms with Crippen LogP contribution in [0.2, 0.25) is 0 Å². The molecular weight excluding hydrogens is 264 g/mol. The van der Waals surface area contributed by atoms with Crippen molar-refractivity contribution < 1.29 is 19.6 Å². The molecule has 102 valence electrons. The molecule has 0 amide bonds. The van der Waals surface area contributed by atoms with E-state index >= 15 is 0 Å². The van der Waals surface area contributed by atoms with Crippen molar-refractivity contribution in [2.75, 3.05) is 0 Å². The van der Waals surface area contributed by atoms with Gasteiger partial charge in [-0.15, -0.1) is 0 Å². The second kappa shape index (κ2) is 5.09. The molecule has 0 aromatic heterocycles. The van der Waals surface area contributed by atoms with Crippen molar-refractivity contribution in [3.63, 3.8) is 0 Å². The predicted molar refractivity (Wildman–Crippen MR) is 65.9 cm³/mol. The second-order valence-electron chi connectivity index (χ2n) is 4.56. The zero-order valence-electron chi connectivity index (χ0n) is 10.3. The molecule has 1 fully saturated rings. The highest BCUT2D eigenvalue weighted by Gasteiger charge is 2.43. The number of Topliss-reactive ketones (excluding diaryl/α,β-unsaturated/α-hetero) is 1. The van der Waals surface area contributed by atoms with Gasteiger partial charge in [0, 0.05) is 12.0 Å². The van der Waals surface area contributed by atoms with E-state index in [0.717, 1.165) is 6.07 Å². The molecule has 2 rings (SSSR count). The summed E-state index contributed by atoms with van der Waals surface area (Å²) in [6.07, 6.45) is 1.18. The lowest BCUT2D eigenvalue weighted by Crippen LogP contribution is -2.25. The number of hydrogen-bond acceptors (Lipinski definition) is 5. The van der Waals surface area contributed by atoms with Crippen molar-refractivity contribution in [1.29, 1.82) is 5.26 Å². The van der Waals surface area contributed by atoms with Gasteiger partial charge in [0.1, 0.15) is 5.92 Å². The number of hydrogen-bond donors (Lipinski definition) is 1. The van der Waals surface area contributed by atoms with Crippen molar-refractivity contribution in [2.24, 2.45) is 5.92 Å². The number of ketones is 1. The zero-order chi connectivity index (χ0) is 14.9. The number of nitro benzene ring substituents is 1. The van der Waals surface area contributed by atoms with Crippen molar-refractivity contribution in [3.8, 4) is 6.07 Å². The molecule has 1 atom stereocenters. The fraction of sp³-hybridized carbons (Fsp3) is 0.308. The summed E-state index contributed by atoms with van der Waals surface area (Å²) in [4.78, 5) is 33.7. The molecule has 7 heteroatoms. The van der Waals surface area contributed by atoms with E-state index in [1.807, 2.05) is 0 Å². The Morgan fingerprint density at radius 2 is 2.10 bits per heavy atom. The number of nitriles is 1. The lowest BCUT2D eigenvalue weighted by atomic mass is 9.87. The number of nitrogens with zero attached hydrogens (tertiary/aromatic N) is 2. The number of nitro groups is 1. The summed E-state index contributed by atoms with van der Waals surface area (Å²) in [5.74, 6) is -4.06. The molecule has 1 unspecified atom stereocenters. The number of carbonyl (C=O) groups is 2. The summed E-state index contributed by atoms with van der Waals surface area (Å²) < 4.78 is 0. The highest BCUT2D eigenvalue weighted by molar-refractivity contribution is 6.06. The minimum absolute atomic E-state index is 0.152. The van der Waals surface area contributed by atoms with Crippen LogP contribution in [-0.4, -0.2) is 21.8 Å². The summed E-state index contributed by atoms with van der Waals surface area (Å²) in [5, 5.41) is 29.3. The Morgan fingerprint density at radius 3 is 2.55 bits per heavy atom. The predicted octanol–water partition coefficient (Wildman–Crippen LogP) is 1.61.